The van der Waals surface area contributed by atoms with Gasteiger partial charge in [0.25, 0.3) is 0 Å². The third kappa shape index (κ3) is 3.45. The molecule has 5 heteroatoms. The predicted octanol–water partition coefficient (Wildman–Crippen LogP) is 2.87. The zero-order valence-corrected chi connectivity index (χ0v) is 11.8. The van der Waals surface area contributed by atoms with E-state index in [0.717, 1.165) is 4.88 Å². The van der Waals surface area contributed by atoms with E-state index >= 15 is 0 Å². The second kappa shape index (κ2) is 6.34. The summed E-state index contributed by atoms with van der Waals surface area (Å²) in [5, 5.41) is 13.9. The van der Waals surface area contributed by atoms with Crippen LogP contribution < -0.4 is 5.32 Å². The molecule has 0 unspecified atom stereocenters. The Morgan fingerprint density at radius 3 is 2.65 bits per heavy atom. The summed E-state index contributed by atoms with van der Waals surface area (Å²) in [6.45, 7) is 1.91. The highest BCUT2D eigenvalue weighted by Gasteiger charge is 2.14. The average Bonchev–Trinajstić information content (AvgIpc) is 2.92. The van der Waals surface area contributed by atoms with Gasteiger partial charge in [0, 0.05) is 4.88 Å². The van der Waals surface area contributed by atoms with Crippen LogP contribution in [0.4, 0.5) is 0 Å². The minimum absolute atomic E-state index is 0.0676. The largest absolute Gasteiger partial charge is 0.478 e. The first-order valence-corrected chi connectivity index (χ1v) is 7.10. The average molecular weight is 289 g/mol. The lowest BCUT2D eigenvalue weighted by molar-refractivity contribution is -0.121. The molecule has 104 valence electrons. The van der Waals surface area contributed by atoms with Gasteiger partial charge >= 0.3 is 5.97 Å². The number of aromatic carboxylic acids is 1. The molecule has 0 radical (unpaired) electrons. The zero-order valence-electron chi connectivity index (χ0n) is 11.0. The molecule has 4 nitrogen and oxygen atoms in total. The Hall–Kier alpha value is -2.14. The van der Waals surface area contributed by atoms with E-state index in [4.69, 9.17) is 5.11 Å². The number of benzene rings is 1. The van der Waals surface area contributed by atoms with Gasteiger partial charge in [-0.25, -0.2) is 4.79 Å². The molecule has 20 heavy (non-hydrogen) atoms. The number of carbonyl (C=O) groups excluding carboxylic acids is 1. The van der Waals surface area contributed by atoms with Crippen molar-refractivity contribution in [3.63, 3.8) is 0 Å². The topological polar surface area (TPSA) is 66.4 Å². The number of hydrogen-bond donors (Lipinski definition) is 2. The Balaban J connectivity index is 2.03. The summed E-state index contributed by atoms with van der Waals surface area (Å²) in [5.74, 6) is -1.20. The number of carboxylic acids is 1. The standard InChI is InChI=1S/C15H15NO3S/c1-10(13-7-4-8-20-13)16-14(17)9-11-5-2-3-6-12(11)15(18)19/h2-8,10H,9H2,1H3,(H,16,17)(H,18,19)/t10-/m0/s1. The van der Waals surface area contributed by atoms with Gasteiger partial charge in [-0.2, -0.15) is 0 Å². The SMILES string of the molecule is C[C@H](NC(=O)Cc1ccccc1C(=O)O)c1cccs1. The van der Waals surface area contributed by atoms with E-state index in [9.17, 15) is 9.59 Å². The van der Waals surface area contributed by atoms with Crippen LogP contribution in [0.3, 0.4) is 0 Å². The minimum Gasteiger partial charge on any atom is -0.478 e. The van der Waals surface area contributed by atoms with Crippen LogP contribution in [0.5, 0.6) is 0 Å². The van der Waals surface area contributed by atoms with Crippen molar-refractivity contribution in [2.75, 3.05) is 0 Å². The van der Waals surface area contributed by atoms with Crippen LogP contribution in [0.2, 0.25) is 0 Å². The number of hydrogen-bond acceptors (Lipinski definition) is 3. The van der Waals surface area contributed by atoms with Crippen molar-refractivity contribution in [2.45, 2.75) is 19.4 Å². The number of carboxylic acid groups (broad SMARTS) is 1. The van der Waals surface area contributed by atoms with Crippen molar-refractivity contribution in [2.24, 2.45) is 0 Å². The Labute approximate surface area is 121 Å². The summed E-state index contributed by atoms with van der Waals surface area (Å²) in [4.78, 5) is 24.1. The molecule has 0 saturated heterocycles. The van der Waals surface area contributed by atoms with Crippen LogP contribution in [-0.4, -0.2) is 17.0 Å². The van der Waals surface area contributed by atoms with Gasteiger partial charge in [0.2, 0.25) is 5.91 Å². The van der Waals surface area contributed by atoms with Crippen molar-refractivity contribution in [1.82, 2.24) is 5.32 Å². The number of thiophene rings is 1. The summed E-state index contributed by atoms with van der Waals surface area (Å²) >= 11 is 1.58. The van der Waals surface area contributed by atoms with E-state index in [1.165, 1.54) is 6.07 Å². The van der Waals surface area contributed by atoms with Crippen molar-refractivity contribution in [3.8, 4) is 0 Å². The first-order valence-electron chi connectivity index (χ1n) is 6.22. The van der Waals surface area contributed by atoms with E-state index in [0.29, 0.717) is 5.56 Å². The molecule has 0 spiro atoms. The Kier molecular flexibility index (Phi) is 4.53. The molecular weight excluding hydrogens is 274 g/mol. The lowest BCUT2D eigenvalue weighted by Gasteiger charge is -2.13. The first kappa shape index (κ1) is 14.3. The molecule has 0 aliphatic heterocycles. The van der Waals surface area contributed by atoms with Crippen molar-refractivity contribution in [3.05, 3.63) is 57.8 Å². The van der Waals surface area contributed by atoms with Gasteiger partial charge in [-0.1, -0.05) is 24.3 Å². The monoisotopic (exact) mass is 289 g/mol. The maximum absolute atomic E-state index is 12.0. The maximum Gasteiger partial charge on any atom is 0.335 e. The molecule has 1 heterocycles. The third-order valence-corrected chi connectivity index (χ3v) is 4.00. The predicted molar refractivity (Wildman–Crippen MR) is 78.0 cm³/mol. The van der Waals surface area contributed by atoms with Crippen LogP contribution in [0.25, 0.3) is 0 Å². The van der Waals surface area contributed by atoms with Gasteiger partial charge < -0.3 is 10.4 Å². The molecule has 1 aromatic heterocycles. The highest BCUT2D eigenvalue weighted by Crippen LogP contribution is 2.18. The Morgan fingerprint density at radius 1 is 1.25 bits per heavy atom. The van der Waals surface area contributed by atoms with Gasteiger partial charge in [0.15, 0.2) is 0 Å². The smallest absolute Gasteiger partial charge is 0.335 e. The summed E-state index contributed by atoms with van der Waals surface area (Å²) in [5.41, 5.74) is 0.697. The summed E-state index contributed by atoms with van der Waals surface area (Å²) in [7, 11) is 0. The molecule has 0 fully saturated rings. The number of amides is 1. The minimum atomic E-state index is -1.01. The molecule has 0 bridgehead atoms. The molecule has 0 saturated carbocycles. The highest BCUT2D eigenvalue weighted by molar-refractivity contribution is 7.10. The summed E-state index contributed by atoms with van der Waals surface area (Å²) in [6, 6.07) is 10.4. The van der Waals surface area contributed by atoms with Crippen LogP contribution in [0.1, 0.15) is 33.8 Å². The lowest BCUT2D eigenvalue weighted by atomic mass is 10.0. The number of carbonyl (C=O) groups is 2. The van der Waals surface area contributed by atoms with E-state index in [-0.39, 0.29) is 23.9 Å². The van der Waals surface area contributed by atoms with E-state index < -0.39 is 5.97 Å². The zero-order chi connectivity index (χ0) is 14.5. The molecule has 2 N–H and O–H groups in total. The second-order valence-electron chi connectivity index (χ2n) is 4.44. The Bertz CT molecular complexity index is 607. The summed E-state index contributed by atoms with van der Waals surface area (Å²) < 4.78 is 0. The molecule has 0 aliphatic rings. The second-order valence-corrected chi connectivity index (χ2v) is 5.42. The van der Waals surface area contributed by atoms with Gasteiger partial charge in [0.1, 0.15) is 0 Å². The molecule has 2 rings (SSSR count). The third-order valence-electron chi connectivity index (χ3n) is 2.95. The highest BCUT2D eigenvalue weighted by atomic mass is 32.1. The fraction of sp³-hybridized carbons (Fsp3) is 0.200. The fourth-order valence-corrected chi connectivity index (χ4v) is 2.69. The van der Waals surface area contributed by atoms with Gasteiger partial charge in [0.05, 0.1) is 18.0 Å². The van der Waals surface area contributed by atoms with Crippen LogP contribution in [-0.2, 0) is 11.2 Å². The van der Waals surface area contributed by atoms with Crippen LogP contribution >= 0.6 is 11.3 Å². The fourth-order valence-electron chi connectivity index (χ4n) is 1.96. The molecule has 1 atom stereocenters. The molecule has 1 aromatic carbocycles. The molecule has 1 amide bonds. The number of nitrogens with one attached hydrogen (secondary N) is 1. The first-order chi connectivity index (χ1) is 9.58. The maximum atomic E-state index is 12.0. The Morgan fingerprint density at radius 2 is 2.00 bits per heavy atom. The molecule has 0 aliphatic carbocycles. The van der Waals surface area contributed by atoms with Crippen LogP contribution in [0, 0.1) is 0 Å². The molecule has 2 aromatic rings. The van der Waals surface area contributed by atoms with Crippen molar-refractivity contribution >= 4 is 23.2 Å². The van der Waals surface area contributed by atoms with E-state index in [1.807, 2.05) is 24.4 Å². The molecular formula is C15H15NO3S. The van der Waals surface area contributed by atoms with E-state index in [1.54, 1.807) is 29.5 Å². The van der Waals surface area contributed by atoms with Crippen molar-refractivity contribution < 1.29 is 14.7 Å². The van der Waals surface area contributed by atoms with Crippen molar-refractivity contribution in [1.29, 1.82) is 0 Å². The van der Waals surface area contributed by atoms with Gasteiger partial charge in [-0.15, -0.1) is 11.3 Å². The normalized spacial score (nSPS) is 11.8. The lowest BCUT2D eigenvalue weighted by Crippen LogP contribution is -2.28. The summed E-state index contributed by atoms with van der Waals surface area (Å²) in [6.07, 6.45) is 0.0676. The van der Waals surface area contributed by atoms with Gasteiger partial charge in [-0.3, -0.25) is 4.79 Å². The van der Waals surface area contributed by atoms with Crippen LogP contribution in [0.15, 0.2) is 41.8 Å². The number of rotatable bonds is 5. The van der Waals surface area contributed by atoms with E-state index in [2.05, 4.69) is 5.32 Å². The van der Waals surface area contributed by atoms with Gasteiger partial charge in [-0.05, 0) is 30.0 Å². The quantitative estimate of drug-likeness (QED) is 0.889.